The minimum absolute atomic E-state index is 0.308. The van der Waals surface area contributed by atoms with Crippen LogP contribution in [-0.2, 0) is 0 Å². The molecular formula is C23H28N2O3. The third-order valence-corrected chi connectivity index (χ3v) is 5.63. The quantitative estimate of drug-likeness (QED) is 0.655. The number of methoxy groups -OCH3 is 1. The molecule has 1 atom stereocenters. The summed E-state index contributed by atoms with van der Waals surface area (Å²) in [5.74, 6) is 2.30. The molecular weight excluding hydrogens is 352 g/mol. The lowest BCUT2D eigenvalue weighted by atomic mass is 9.89. The normalized spacial score (nSPS) is 16.9. The van der Waals surface area contributed by atoms with Crippen LogP contribution in [0.25, 0.3) is 10.9 Å². The molecule has 1 aromatic heterocycles. The number of benzene rings is 2. The van der Waals surface area contributed by atoms with Crippen LogP contribution in [-0.4, -0.2) is 54.4 Å². The maximum Gasteiger partial charge on any atom is 0.128 e. The first-order chi connectivity index (χ1) is 13.7. The van der Waals surface area contributed by atoms with E-state index >= 15 is 0 Å². The minimum Gasteiger partial charge on any atom is -0.497 e. The second-order valence-corrected chi connectivity index (χ2v) is 7.51. The van der Waals surface area contributed by atoms with Crippen LogP contribution in [0.15, 0.2) is 54.7 Å². The van der Waals surface area contributed by atoms with Crippen LogP contribution in [0.4, 0.5) is 0 Å². The third-order valence-electron chi connectivity index (χ3n) is 5.63. The summed E-state index contributed by atoms with van der Waals surface area (Å²) in [6.07, 6.45) is 3.64. The first-order valence-electron chi connectivity index (χ1n) is 9.96. The summed E-state index contributed by atoms with van der Waals surface area (Å²) in [6, 6.07) is 16.3. The van der Waals surface area contributed by atoms with Crippen LogP contribution < -0.4 is 9.47 Å². The van der Waals surface area contributed by atoms with Gasteiger partial charge in [0.2, 0.25) is 0 Å². The van der Waals surface area contributed by atoms with E-state index in [-0.39, 0.29) is 0 Å². The van der Waals surface area contributed by atoms with Gasteiger partial charge in [-0.25, -0.2) is 0 Å². The molecule has 0 radical (unpaired) electrons. The molecule has 148 valence electrons. The SMILES string of the molecule is COc1ccc(C2CCN(C[C@H](O)COc3cccc4[nH]ccc34)CC2)cc1. The van der Waals surface area contributed by atoms with Gasteiger partial charge in [-0.05, 0) is 67.7 Å². The smallest absolute Gasteiger partial charge is 0.128 e. The Balaban J connectivity index is 1.24. The van der Waals surface area contributed by atoms with Crippen LogP contribution in [0.3, 0.4) is 0 Å². The number of fused-ring (bicyclic) bond motifs is 1. The Kier molecular flexibility index (Phi) is 5.84. The number of aromatic nitrogens is 1. The maximum atomic E-state index is 10.4. The highest BCUT2D eigenvalue weighted by Crippen LogP contribution is 2.29. The Labute approximate surface area is 165 Å². The van der Waals surface area contributed by atoms with E-state index in [0.717, 1.165) is 48.3 Å². The second-order valence-electron chi connectivity index (χ2n) is 7.51. The van der Waals surface area contributed by atoms with Gasteiger partial charge in [-0.1, -0.05) is 18.2 Å². The molecule has 5 nitrogen and oxygen atoms in total. The topological polar surface area (TPSA) is 57.7 Å². The van der Waals surface area contributed by atoms with Gasteiger partial charge in [-0.15, -0.1) is 0 Å². The molecule has 2 N–H and O–H groups in total. The highest BCUT2D eigenvalue weighted by Gasteiger charge is 2.22. The largest absolute Gasteiger partial charge is 0.497 e. The van der Waals surface area contributed by atoms with Gasteiger partial charge in [0.15, 0.2) is 0 Å². The van der Waals surface area contributed by atoms with Gasteiger partial charge in [-0.3, -0.25) is 0 Å². The van der Waals surface area contributed by atoms with Gasteiger partial charge in [0.1, 0.15) is 24.2 Å². The first-order valence-corrected chi connectivity index (χ1v) is 9.96. The fraction of sp³-hybridized carbons (Fsp3) is 0.391. The van der Waals surface area contributed by atoms with Crippen LogP contribution in [0.5, 0.6) is 11.5 Å². The Morgan fingerprint density at radius 1 is 1.11 bits per heavy atom. The Morgan fingerprint density at radius 2 is 1.89 bits per heavy atom. The highest BCUT2D eigenvalue weighted by atomic mass is 16.5. The van der Waals surface area contributed by atoms with E-state index in [1.165, 1.54) is 5.56 Å². The summed E-state index contributed by atoms with van der Waals surface area (Å²) in [5, 5.41) is 11.5. The molecule has 2 aromatic carbocycles. The number of ether oxygens (including phenoxy) is 2. The zero-order chi connectivity index (χ0) is 19.3. The van der Waals surface area contributed by atoms with E-state index in [2.05, 4.69) is 22.0 Å². The Morgan fingerprint density at radius 3 is 2.64 bits per heavy atom. The second kappa shape index (κ2) is 8.67. The summed E-state index contributed by atoms with van der Waals surface area (Å²) in [7, 11) is 1.70. The van der Waals surface area contributed by atoms with E-state index < -0.39 is 6.10 Å². The van der Waals surface area contributed by atoms with Crippen molar-refractivity contribution in [2.75, 3.05) is 33.4 Å². The molecule has 0 unspecified atom stereocenters. The Hall–Kier alpha value is -2.50. The van der Waals surface area contributed by atoms with E-state index in [9.17, 15) is 5.11 Å². The number of nitrogens with one attached hydrogen (secondary N) is 1. The van der Waals surface area contributed by atoms with Crippen molar-refractivity contribution in [2.45, 2.75) is 24.9 Å². The predicted octanol–water partition coefficient (Wildman–Crippen LogP) is 3.80. The molecule has 28 heavy (non-hydrogen) atoms. The molecule has 4 rings (SSSR count). The molecule has 1 aliphatic rings. The average molecular weight is 380 g/mol. The molecule has 0 spiro atoms. The van der Waals surface area contributed by atoms with E-state index in [1.54, 1.807) is 7.11 Å². The predicted molar refractivity (Wildman–Crippen MR) is 111 cm³/mol. The molecule has 0 bridgehead atoms. The molecule has 0 aliphatic carbocycles. The number of nitrogens with zero attached hydrogens (tertiary/aromatic N) is 1. The van der Waals surface area contributed by atoms with Crippen LogP contribution in [0, 0.1) is 0 Å². The number of hydrogen-bond acceptors (Lipinski definition) is 4. The van der Waals surface area contributed by atoms with Crippen molar-refractivity contribution in [3.63, 3.8) is 0 Å². The summed E-state index contributed by atoms with van der Waals surface area (Å²) in [6.45, 7) is 2.96. The van der Waals surface area contributed by atoms with Crippen LogP contribution >= 0.6 is 0 Å². The summed E-state index contributed by atoms with van der Waals surface area (Å²) in [5.41, 5.74) is 2.43. The van der Waals surface area contributed by atoms with Crippen molar-refractivity contribution in [3.8, 4) is 11.5 Å². The third kappa shape index (κ3) is 4.32. The van der Waals surface area contributed by atoms with Crippen LogP contribution in [0.2, 0.25) is 0 Å². The number of rotatable bonds is 7. The van der Waals surface area contributed by atoms with Crippen molar-refractivity contribution in [1.29, 1.82) is 0 Å². The van der Waals surface area contributed by atoms with Crippen molar-refractivity contribution in [1.82, 2.24) is 9.88 Å². The first kappa shape index (κ1) is 18.8. The van der Waals surface area contributed by atoms with Crippen LogP contribution in [0.1, 0.15) is 24.3 Å². The van der Waals surface area contributed by atoms with Gasteiger partial charge in [0, 0.05) is 23.6 Å². The Bertz CT molecular complexity index is 882. The molecule has 2 heterocycles. The van der Waals surface area contributed by atoms with Gasteiger partial charge in [0.25, 0.3) is 0 Å². The molecule has 1 fully saturated rings. The lowest BCUT2D eigenvalue weighted by molar-refractivity contribution is 0.0599. The van der Waals surface area contributed by atoms with Gasteiger partial charge >= 0.3 is 0 Å². The fourth-order valence-corrected chi connectivity index (χ4v) is 4.04. The molecule has 0 saturated carbocycles. The van der Waals surface area contributed by atoms with Crippen molar-refractivity contribution >= 4 is 10.9 Å². The van der Waals surface area contributed by atoms with Gasteiger partial charge < -0.3 is 24.5 Å². The molecule has 5 heteroatoms. The average Bonchev–Trinajstić information content (AvgIpc) is 3.22. The molecule has 1 aliphatic heterocycles. The summed E-state index contributed by atoms with van der Waals surface area (Å²) < 4.78 is 11.1. The number of H-pyrrole nitrogens is 1. The fourth-order valence-electron chi connectivity index (χ4n) is 4.04. The van der Waals surface area contributed by atoms with Crippen molar-refractivity contribution in [2.24, 2.45) is 0 Å². The zero-order valence-corrected chi connectivity index (χ0v) is 16.3. The number of aromatic amines is 1. The van der Waals surface area contributed by atoms with E-state index in [1.807, 2.05) is 42.6 Å². The summed E-state index contributed by atoms with van der Waals surface area (Å²) >= 11 is 0. The maximum absolute atomic E-state index is 10.4. The highest BCUT2D eigenvalue weighted by molar-refractivity contribution is 5.85. The molecule has 0 amide bonds. The molecule has 1 saturated heterocycles. The lowest BCUT2D eigenvalue weighted by Gasteiger charge is -2.33. The van der Waals surface area contributed by atoms with Crippen molar-refractivity contribution < 1.29 is 14.6 Å². The van der Waals surface area contributed by atoms with Gasteiger partial charge in [0.05, 0.1) is 7.11 Å². The van der Waals surface area contributed by atoms with E-state index in [4.69, 9.17) is 9.47 Å². The minimum atomic E-state index is -0.494. The zero-order valence-electron chi connectivity index (χ0n) is 16.3. The van der Waals surface area contributed by atoms with Crippen molar-refractivity contribution in [3.05, 3.63) is 60.3 Å². The number of aliphatic hydroxyl groups excluding tert-OH is 1. The summed E-state index contributed by atoms with van der Waals surface area (Å²) in [4.78, 5) is 5.52. The monoisotopic (exact) mass is 380 g/mol. The van der Waals surface area contributed by atoms with Gasteiger partial charge in [-0.2, -0.15) is 0 Å². The van der Waals surface area contributed by atoms with E-state index in [0.29, 0.717) is 19.1 Å². The number of hydrogen-bond donors (Lipinski definition) is 2. The standard InChI is InChI=1S/C23H28N2O3/c1-27-20-7-5-17(6-8-20)18-10-13-25(14-11-18)15-19(26)16-28-23-4-2-3-22-21(23)9-12-24-22/h2-9,12,18-19,24,26H,10-11,13-16H2,1H3/t19-/m0/s1. The number of β-amino-alcohol motifs (C(OH)–C–C–N with tert-alkyl or cyclic N) is 1. The number of likely N-dealkylation sites (tertiary alicyclic amines) is 1. The number of piperidine rings is 1. The lowest BCUT2D eigenvalue weighted by Crippen LogP contribution is -2.40. The number of aliphatic hydroxyl groups is 1. The molecule has 3 aromatic rings.